The van der Waals surface area contributed by atoms with Crippen LogP contribution in [0.4, 0.5) is 15.9 Å². The molecule has 10 heteroatoms. The normalized spacial score (nSPS) is 16.8. The van der Waals surface area contributed by atoms with Crippen LogP contribution in [-0.2, 0) is 0 Å². The standard InChI is InChI=1S/C19H22FN7O2/c1-11(28)26-6-3-12(4-7-26)14-2-5-22-9-15(14)24-19(29)16-17(21)25-27-10-13(20)8-23-18(16)27/h2,5,8-12,28H,3-4,6-7H2,1H3,(H2,21,25)(H,24,29). The molecule has 29 heavy (non-hydrogen) atoms. The van der Waals surface area contributed by atoms with Gasteiger partial charge in [-0.2, -0.15) is 0 Å². The summed E-state index contributed by atoms with van der Waals surface area (Å²) in [7, 11) is 0. The number of likely N-dealkylation sites (tertiary alicyclic amines) is 1. The number of pyridine rings is 1. The van der Waals surface area contributed by atoms with Crippen molar-refractivity contribution < 1.29 is 14.3 Å². The second-order valence-corrected chi connectivity index (χ2v) is 7.16. The molecule has 1 aliphatic heterocycles. The van der Waals surface area contributed by atoms with E-state index in [2.05, 4.69) is 20.4 Å². The number of halogens is 1. The van der Waals surface area contributed by atoms with Crippen molar-refractivity contribution in [2.45, 2.75) is 31.9 Å². The number of nitrogens with zero attached hydrogens (tertiary/aromatic N) is 5. The average Bonchev–Trinajstić information content (AvgIpc) is 3.03. The maximum absolute atomic E-state index is 13.4. The Hall–Kier alpha value is -3.11. The van der Waals surface area contributed by atoms with Gasteiger partial charge in [0.05, 0.1) is 24.3 Å². The van der Waals surface area contributed by atoms with Crippen LogP contribution in [0.25, 0.3) is 5.65 Å². The van der Waals surface area contributed by atoms with E-state index in [-0.39, 0.29) is 22.9 Å². The molecular weight excluding hydrogens is 377 g/mol. The van der Waals surface area contributed by atoms with Crippen molar-refractivity contribution in [3.8, 4) is 0 Å². The van der Waals surface area contributed by atoms with Crippen LogP contribution in [-0.4, -0.2) is 54.8 Å². The largest absolute Gasteiger partial charge is 0.381 e. The van der Waals surface area contributed by atoms with Crippen LogP contribution in [0.1, 0.15) is 41.6 Å². The Bertz CT molecular complexity index is 1040. The Morgan fingerprint density at radius 2 is 2.14 bits per heavy atom. The third-order valence-electron chi connectivity index (χ3n) is 5.30. The van der Waals surface area contributed by atoms with Crippen LogP contribution in [0.5, 0.6) is 0 Å². The van der Waals surface area contributed by atoms with E-state index in [0.29, 0.717) is 5.69 Å². The number of nitrogens with two attached hydrogens (primary N) is 1. The highest BCUT2D eigenvalue weighted by atomic mass is 19.1. The van der Waals surface area contributed by atoms with Crippen LogP contribution < -0.4 is 11.1 Å². The van der Waals surface area contributed by atoms with Gasteiger partial charge >= 0.3 is 0 Å². The molecule has 0 aromatic carbocycles. The predicted molar refractivity (Wildman–Crippen MR) is 105 cm³/mol. The summed E-state index contributed by atoms with van der Waals surface area (Å²) in [5.41, 5.74) is 7.72. The zero-order chi connectivity index (χ0) is 20.5. The Morgan fingerprint density at radius 3 is 2.86 bits per heavy atom. The monoisotopic (exact) mass is 399 g/mol. The molecule has 0 bridgehead atoms. The number of hydrogen-bond acceptors (Lipinski definition) is 7. The Balaban J connectivity index is 1.58. The summed E-state index contributed by atoms with van der Waals surface area (Å²) in [5, 5.41) is 16.6. The number of amides is 1. The van der Waals surface area contributed by atoms with Gasteiger partial charge in [0.25, 0.3) is 5.91 Å². The van der Waals surface area contributed by atoms with Crippen LogP contribution in [0.2, 0.25) is 0 Å². The molecule has 9 nitrogen and oxygen atoms in total. The third-order valence-corrected chi connectivity index (χ3v) is 5.30. The second kappa shape index (κ2) is 7.72. The van der Waals surface area contributed by atoms with Crippen molar-refractivity contribution in [1.29, 1.82) is 0 Å². The fraction of sp³-hybridized carbons (Fsp3) is 0.368. The number of aliphatic hydroxyl groups excluding tert-OH is 1. The number of carbonyl (C=O) groups excluding carboxylic acids is 1. The minimum absolute atomic E-state index is 0.0312. The van der Waals surface area contributed by atoms with Gasteiger partial charge in [-0.3, -0.25) is 14.7 Å². The molecule has 1 saturated heterocycles. The summed E-state index contributed by atoms with van der Waals surface area (Å²) in [4.78, 5) is 23.0. The van der Waals surface area contributed by atoms with Crippen LogP contribution in [0.15, 0.2) is 30.9 Å². The lowest BCUT2D eigenvalue weighted by Crippen LogP contribution is -2.39. The van der Waals surface area contributed by atoms with Crippen molar-refractivity contribution in [3.05, 3.63) is 47.8 Å². The van der Waals surface area contributed by atoms with E-state index in [1.165, 1.54) is 0 Å². The van der Waals surface area contributed by atoms with E-state index in [1.54, 1.807) is 19.3 Å². The van der Waals surface area contributed by atoms with Gasteiger partial charge in [0.1, 0.15) is 11.8 Å². The van der Waals surface area contributed by atoms with Crippen LogP contribution >= 0.6 is 0 Å². The smallest absolute Gasteiger partial charge is 0.263 e. The quantitative estimate of drug-likeness (QED) is 0.609. The van der Waals surface area contributed by atoms with E-state index >= 15 is 0 Å². The number of carbonyl (C=O) groups is 1. The molecule has 3 aromatic heterocycles. The Morgan fingerprint density at radius 1 is 1.38 bits per heavy atom. The first kappa shape index (κ1) is 19.2. The van der Waals surface area contributed by atoms with Crippen molar-refractivity contribution >= 4 is 23.1 Å². The summed E-state index contributed by atoms with van der Waals surface area (Å²) in [6.45, 7) is 3.31. The number of anilines is 2. The van der Waals surface area contributed by atoms with Gasteiger partial charge in [-0.25, -0.2) is 13.9 Å². The molecule has 1 amide bonds. The highest BCUT2D eigenvalue weighted by Crippen LogP contribution is 2.33. The number of aliphatic hydroxyl groups is 1. The molecule has 4 heterocycles. The highest BCUT2D eigenvalue weighted by molar-refractivity contribution is 6.11. The Kier molecular flexibility index (Phi) is 5.12. The topological polar surface area (TPSA) is 122 Å². The number of piperidine rings is 1. The van der Waals surface area contributed by atoms with Gasteiger partial charge in [0.2, 0.25) is 0 Å². The summed E-state index contributed by atoms with van der Waals surface area (Å²) in [6.07, 6.45) is 6.67. The van der Waals surface area contributed by atoms with Crippen LogP contribution in [0, 0.1) is 5.82 Å². The number of rotatable bonds is 4. The van der Waals surface area contributed by atoms with Gasteiger partial charge < -0.3 is 16.2 Å². The molecule has 4 N–H and O–H groups in total. The van der Waals surface area contributed by atoms with E-state index in [4.69, 9.17) is 5.73 Å². The number of nitrogen functional groups attached to an aromatic ring is 1. The molecule has 1 aliphatic rings. The maximum Gasteiger partial charge on any atom is 0.263 e. The summed E-state index contributed by atoms with van der Waals surface area (Å²) in [6, 6.07) is 1.89. The lowest BCUT2D eigenvalue weighted by Gasteiger charge is -2.34. The van der Waals surface area contributed by atoms with Crippen LogP contribution in [0.3, 0.4) is 0 Å². The van der Waals surface area contributed by atoms with Crippen molar-refractivity contribution in [2.24, 2.45) is 0 Å². The molecule has 3 aromatic rings. The zero-order valence-electron chi connectivity index (χ0n) is 15.9. The van der Waals surface area contributed by atoms with E-state index in [9.17, 15) is 14.3 Å². The Labute approximate surface area is 166 Å². The van der Waals surface area contributed by atoms with Crippen molar-refractivity contribution in [1.82, 2.24) is 24.5 Å². The van der Waals surface area contributed by atoms with Gasteiger partial charge in [-0.15, -0.1) is 5.10 Å². The highest BCUT2D eigenvalue weighted by Gasteiger charge is 2.26. The SMILES string of the molecule is CC(O)N1CCC(c2ccncc2NC(=O)c2c(N)nn3cc(F)cnc23)CC1. The molecule has 0 aliphatic carbocycles. The fourth-order valence-electron chi connectivity index (χ4n) is 3.78. The predicted octanol–water partition coefficient (Wildman–Crippen LogP) is 1.62. The number of aromatic nitrogens is 4. The molecule has 1 unspecified atom stereocenters. The first-order chi connectivity index (χ1) is 13.9. The number of hydrogen-bond donors (Lipinski definition) is 3. The lowest BCUT2D eigenvalue weighted by molar-refractivity contribution is 0.00309. The summed E-state index contributed by atoms with van der Waals surface area (Å²) >= 11 is 0. The summed E-state index contributed by atoms with van der Waals surface area (Å²) < 4.78 is 14.5. The third kappa shape index (κ3) is 3.76. The van der Waals surface area contributed by atoms with Gasteiger partial charge in [0.15, 0.2) is 17.3 Å². The van der Waals surface area contributed by atoms with Gasteiger partial charge in [-0.1, -0.05) is 0 Å². The van der Waals surface area contributed by atoms with Crippen molar-refractivity contribution in [3.63, 3.8) is 0 Å². The molecule has 1 fully saturated rings. The van der Waals surface area contributed by atoms with E-state index in [1.807, 2.05) is 11.0 Å². The maximum atomic E-state index is 13.4. The minimum atomic E-state index is -0.579. The van der Waals surface area contributed by atoms with E-state index < -0.39 is 18.0 Å². The molecular formula is C19H22FN7O2. The molecule has 1 atom stereocenters. The zero-order valence-corrected chi connectivity index (χ0v) is 15.9. The lowest BCUT2D eigenvalue weighted by atomic mass is 9.89. The first-order valence-corrected chi connectivity index (χ1v) is 9.40. The molecule has 0 radical (unpaired) electrons. The molecule has 152 valence electrons. The van der Waals surface area contributed by atoms with Gasteiger partial charge in [0, 0.05) is 19.3 Å². The van der Waals surface area contributed by atoms with Gasteiger partial charge in [-0.05, 0) is 37.3 Å². The minimum Gasteiger partial charge on any atom is -0.381 e. The number of fused-ring (bicyclic) bond motifs is 1. The molecule has 0 saturated carbocycles. The fourth-order valence-corrected chi connectivity index (χ4v) is 3.78. The number of nitrogens with one attached hydrogen (secondary N) is 1. The second-order valence-electron chi connectivity index (χ2n) is 7.16. The first-order valence-electron chi connectivity index (χ1n) is 9.40. The molecule has 4 rings (SSSR count). The average molecular weight is 399 g/mol. The van der Waals surface area contributed by atoms with Crippen molar-refractivity contribution in [2.75, 3.05) is 24.1 Å². The summed E-state index contributed by atoms with van der Waals surface area (Å²) in [5.74, 6) is -0.856. The van der Waals surface area contributed by atoms with E-state index in [0.717, 1.165) is 48.4 Å². The molecule has 0 spiro atoms.